The molecule has 33 heavy (non-hydrogen) atoms. The molecule has 1 fully saturated rings. The second-order valence-electron chi connectivity index (χ2n) is 8.48. The predicted octanol–water partition coefficient (Wildman–Crippen LogP) is 1.84. The van der Waals surface area contributed by atoms with Gasteiger partial charge in [0.05, 0.1) is 5.69 Å². The molecule has 2 aromatic carbocycles. The largest absolute Gasteiger partial charge is 0.454 e. The molecule has 0 unspecified atom stereocenters. The van der Waals surface area contributed by atoms with Crippen molar-refractivity contribution in [1.29, 1.82) is 0 Å². The van der Waals surface area contributed by atoms with Crippen LogP contribution in [0.4, 0.5) is 5.69 Å². The van der Waals surface area contributed by atoms with Crippen LogP contribution in [-0.4, -0.2) is 50.7 Å². The smallest absolute Gasteiger partial charge is 0.288 e. The molecule has 2 N–H and O–H groups in total. The van der Waals surface area contributed by atoms with Crippen molar-refractivity contribution in [3.63, 3.8) is 0 Å². The summed E-state index contributed by atoms with van der Waals surface area (Å²) in [5.74, 6) is 0.979. The molecule has 5 rings (SSSR count). The molecule has 172 valence electrons. The number of hydrogen-bond acceptors (Lipinski definition) is 7. The average Bonchev–Trinajstić information content (AvgIpc) is 3.32. The number of amides is 2. The van der Waals surface area contributed by atoms with E-state index in [0.717, 1.165) is 35.5 Å². The zero-order valence-electron chi connectivity index (χ0n) is 18.4. The number of aliphatic imine (C=N–C) groups is 1. The molecule has 3 heterocycles. The fraction of sp³-hybridized carbons (Fsp3) is 0.375. The van der Waals surface area contributed by atoms with Gasteiger partial charge in [-0.1, -0.05) is 23.8 Å². The van der Waals surface area contributed by atoms with E-state index in [1.165, 1.54) is 5.01 Å². The number of hydrogen-bond donors (Lipinski definition) is 2. The maximum atomic E-state index is 13.0. The normalized spacial score (nSPS) is 19.0. The van der Waals surface area contributed by atoms with Crippen LogP contribution in [0, 0.1) is 6.92 Å². The Balaban J connectivity index is 1.31. The molecule has 3 aliphatic rings. The topological polar surface area (TPSA) is 101 Å². The molecule has 1 saturated heterocycles. The van der Waals surface area contributed by atoms with E-state index in [2.05, 4.69) is 15.7 Å². The third-order valence-corrected chi connectivity index (χ3v) is 6.37. The number of carbonyl (C=O) groups excluding carboxylic acids is 2. The van der Waals surface area contributed by atoms with Crippen molar-refractivity contribution in [3.8, 4) is 11.5 Å². The van der Waals surface area contributed by atoms with Crippen molar-refractivity contribution in [2.75, 3.05) is 38.1 Å². The number of ether oxygens (including phenoxy) is 3. The summed E-state index contributed by atoms with van der Waals surface area (Å²) < 4.78 is 16.6. The Morgan fingerprint density at radius 3 is 2.67 bits per heavy atom. The summed E-state index contributed by atoms with van der Waals surface area (Å²) in [6, 6.07) is 13.4. The summed E-state index contributed by atoms with van der Waals surface area (Å²) in [5.41, 5.74) is 5.40. The summed E-state index contributed by atoms with van der Waals surface area (Å²) in [5, 5.41) is 4.39. The van der Waals surface area contributed by atoms with Gasteiger partial charge in [0, 0.05) is 25.2 Å². The molecule has 0 atom stereocenters. The molecule has 0 saturated carbocycles. The first-order valence-electron chi connectivity index (χ1n) is 11.0. The third kappa shape index (κ3) is 4.23. The SMILES string of the molecule is Cc1ccc(N2NC(C(=O)NCC3(c4ccc5c(c4)OCO5)CCOCC3)=NCC2=O)cc1. The monoisotopic (exact) mass is 450 g/mol. The number of amidine groups is 1. The Morgan fingerprint density at radius 1 is 1.12 bits per heavy atom. The Bertz CT molecular complexity index is 1090. The van der Waals surface area contributed by atoms with Crippen LogP contribution in [0.25, 0.3) is 0 Å². The van der Waals surface area contributed by atoms with Crippen LogP contribution in [0.1, 0.15) is 24.0 Å². The molecule has 9 heteroatoms. The number of carbonyl (C=O) groups is 2. The number of rotatable bonds is 5. The van der Waals surface area contributed by atoms with E-state index in [-0.39, 0.29) is 36.4 Å². The van der Waals surface area contributed by atoms with Gasteiger partial charge < -0.3 is 19.5 Å². The summed E-state index contributed by atoms with van der Waals surface area (Å²) in [7, 11) is 0. The lowest BCUT2D eigenvalue weighted by atomic mass is 9.74. The van der Waals surface area contributed by atoms with Gasteiger partial charge in [-0.05, 0) is 49.6 Å². The Morgan fingerprint density at radius 2 is 1.88 bits per heavy atom. The number of nitrogens with zero attached hydrogens (tertiary/aromatic N) is 2. The number of fused-ring (bicyclic) bond motifs is 1. The third-order valence-electron chi connectivity index (χ3n) is 6.37. The molecule has 0 spiro atoms. The van der Waals surface area contributed by atoms with E-state index in [4.69, 9.17) is 14.2 Å². The first-order chi connectivity index (χ1) is 16.0. The number of anilines is 1. The summed E-state index contributed by atoms with van der Waals surface area (Å²) in [6.45, 7) is 3.73. The van der Waals surface area contributed by atoms with Gasteiger partial charge in [0.2, 0.25) is 12.6 Å². The maximum absolute atomic E-state index is 13.0. The van der Waals surface area contributed by atoms with Crippen LogP contribution >= 0.6 is 0 Å². The fourth-order valence-corrected chi connectivity index (χ4v) is 4.34. The first-order valence-corrected chi connectivity index (χ1v) is 11.0. The van der Waals surface area contributed by atoms with Gasteiger partial charge in [-0.25, -0.2) is 5.01 Å². The highest BCUT2D eigenvalue weighted by molar-refractivity contribution is 6.39. The van der Waals surface area contributed by atoms with E-state index in [9.17, 15) is 9.59 Å². The van der Waals surface area contributed by atoms with Crippen LogP contribution in [0.3, 0.4) is 0 Å². The van der Waals surface area contributed by atoms with Gasteiger partial charge in [0.1, 0.15) is 6.54 Å². The fourth-order valence-electron chi connectivity index (χ4n) is 4.34. The van der Waals surface area contributed by atoms with Gasteiger partial charge in [-0.3, -0.25) is 20.0 Å². The lowest BCUT2D eigenvalue weighted by Gasteiger charge is -2.38. The Hall–Kier alpha value is -3.59. The molecular formula is C24H26N4O5. The van der Waals surface area contributed by atoms with E-state index in [0.29, 0.717) is 25.4 Å². The van der Waals surface area contributed by atoms with Crippen LogP contribution in [-0.2, 0) is 19.7 Å². The number of aryl methyl sites for hydroxylation is 1. The van der Waals surface area contributed by atoms with Gasteiger partial charge in [0.15, 0.2) is 11.5 Å². The molecule has 3 aliphatic heterocycles. The van der Waals surface area contributed by atoms with Crippen LogP contribution in [0.5, 0.6) is 11.5 Å². The van der Waals surface area contributed by atoms with E-state index in [1.54, 1.807) is 0 Å². The lowest BCUT2D eigenvalue weighted by molar-refractivity contribution is -0.118. The van der Waals surface area contributed by atoms with Crippen molar-refractivity contribution in [2.24, 2.45) is 4.99 Å². The zero-order chi connectivity index (χ0) is 22.8. The van der Waals surface area contributed by atoms with Crippen molar-refractivity contribution < 1.29 is 23.8 Å². The molecule has 0 aromatic heterocycles. The average molecular weight is 450 g/mol. The summed E-state index contributed by atoms with van der Waals surface area (Å²) >= 11 is 0. The minimum Gasteiger partial charge on any atom is -0.454 e. The van der Waals surface area contributed by atoms with Gasteiger partial charge >= 0.3 is 0 Å². The van der Waals surface area contributed by atoms with E-state index >= 15 is 0 Å². The number of nitrogens with one attached hydrogen (secondary N) is 2. The molecular weight excluding hydrogens is 424 g/mol. The minimum atomic E-state index is -0.355. The maximum Gasteiger partial charge on any atom is 0.288 e. The predicted molar refractivity (Wildman–Crippen MR) is 121 cm³/mol. The number of hydrazine groups is 1. The molecule has 2 aromatic rings. The molecule has 9 nitrogen and oxygen atoms in total. The highest BCUT2D eigenvalue weighted by Gasteiger charge is 2.37. The molecule has 0 aliphatic carbocycles. The van der Waals surface area contributed by atoms with Crippen LogP contribution in [0.15, 0.2) is 47.5 Å². The van der Waals surface area contributed by atoms with Gasteiger partial charge in [-0.2, -0.15) is 0 Å². The van der Waals surface area contributed by atoms with Crippen molar-refractivity contribution in [1.82, 2.24) is 10.7 Å². The molecule has 0 radical (unpaired) electrons. The lowest BCUT2D eigenvalue weighted by Crippen LogP contribution is -2.57. The van der Waals surface area contributed by atoms with Crippen molar-refractivity contribution in [2.45, 2.75) is 25.2 Å². The summed E-state index contributed by atoms with van der Waals surface area (Å²) in [4.78, 5) is 29.5. The minimum absolute atomic E-state index is 0.0925. The Labute approximate surface area is 191 Å². The molecule has 2 amide bonds. The number of benzene rings is 2. The first kappa shape index (κ1) is 21.3. The van der Waals surface area contributed by atoms with Crippen molar-refractivity contribution >= 4 is 23.3 Å². The van der Waals surface area contributed by atoms with E-state index < -0.39 is 0 Å². The Kier molecular flexibility index (Phi) is 5.63. The highest BCUT2D eigenvalue weighted by atomic mass is 16.7. The molecule has 0 bridgehead atoms. The van der Waals surface area contributed by atoms with Crippen LogP contribution < -0.4 is 25.2 Å². The van der Waals surface area contributed by atoms with E-state index in [1.807, 2.05) is 49.4 Å². The van der Waals surface area contributed by atoms with Crippen molar-refractivity contribution in [3.05, 3.63) is 53.6 Å². The van der Waals surface area contributed by atoms with Crippen LogP contribution in [0.2, 0.25) is 0 Å². The van der Waals surface area contributed by atoms with Gasteiger partial charge in [-0.15, -0.1) is 0 Å². The second-order valence-corrected chi connectivity index (χ2v) is 8.48. The quantitative estimate of drug-likeness (QED) is 0.721. The van der Waals surface area contributed by atoms with Gasteiger partial charge in [0.25, 0.3) is 11.8 Å². The highest BCUT2D eigenvalue weighted by Crippen LogP contribution is 2.40. The standard InChI is InChI=1S/C24H26N4O5/c1-16-2-5-18(6-3-16)28-21(29)13-25-22(27-28)23(30)26-14-24(8-10-31-11-9-24)17-4-7-19-20(12-17)33-15-32-19/h2-7,12H,8-11,13-15H2,1H3,(H,25,27)(H,26,30). The second kappa shape index (κ2) is 8.74. The zero-order valence-corrected chi connectivity index (χ0v) is 18.4. The summed E-state index contributed by atoms with van der Waals surface area (Å²) in [6.07, 6.45) is 1.53.